The van der Waals surface area contributed by atoms with E-state index in [-0.39, 0.29) is 0 Å². The van der Waals surface area contributed by atoms with E-state index in [0.717, 1.165) is 11.8 Å². The lowest BCUT2D eigenvalue weighted by Gasteiger charge is -2.34. The number of hydrogen-bond acceptors (Lipinski definition) is 3. The summed E-state index contributed by atoms with van der Waals surface area (Å²) in [4.78, 5) is 4.57. The van der Waals surface area contributed by atoms with Gasteiger partial charge in [-0.15, -0.1) is 11.3 Å². The van der Waals surface area contributed by atoms with E-state index >= 15 is 0 Å². The molecular weight excluding hydrogens is 228 g/mol. The molecule has 0 saturated heterocycles. The van der Waals surface area contributed by atoms with E-state index in [1.54, 1.807) is 11.3 Å². The third kappa shape index (κ3) is 3.29. The van der Waals surface area contributed by atoms with Gasteiger partial charge < -0.3 is 5.32 Å². The number of thiazole rings is 1. The lowest BCUT2D eigenvalue weighted by atomic mass is 9.79. The van der Waals surface area contributed by atoms with Gasteiger partial charge in [0.05, 0.1) is 10.7 Å². The van der Waals surface area contributed by atoms with Crippen LogP contribution in [-0.2, 0) is 0 Å². The average molecular weight is 252 g/mol. The van der Waals surface area contributed by atoms with Gasteiger partial charge in [-0.25, -0.2) is 4.98 Å². The number of rotatable bonds is 3. The Morgan fingerprint density at radius 1 is 1.35 bits per heavy atom. The van der Waals surface area contributed by atoms with Crippen molar-refractivity contribution in [1.82, 2.24) is 10.3 Å². The lowest BCUT2D eigenvalue weighted by molar-refractivity contribution is 0.217. The first-order valence-electron chi connectivity index (χ1n) is 6.74. The van der Waals surface area contributed by atoms with Gasteiger partial charge >= 0.3 is 0 Å². The second-order valence-corrected chi connectivity index (χ2v) is 6.71. The van der Waals surface area contributed by atoms with Gasteiger partial charge in [0.1, 0.15) is 0 Å². The molecule has 96 valence electrons. The van der Waals surface area contributed by atoms with Gasteiger partial charge in [0, 0.05) is 17.5 Å². The molecule has 1 saturated carbocycles. The minimum absolute atomic E-state index is 0.394. The molecule has 1 fully saturated rings. The zero-order valence-corrected chi connectivity index (χ0v) is 12.2. The minimum atomic E-state index is 0.394. The first kappa shape index (κ1) is 13.0. The summed E-state index contributed by atoms with van der Waals surface area (Å²) in [5, 5.41) is 7.09. The molecular formula is C14H24N2S. The Labute approximate surface area is 109 Å². The number of aromatic nitrogens is 1. The first-order chi connectivity index (χ1) is 8.06. The van der Waals surface area contributed by atoms with Crippen LogP contribution >= 0.6 is 11.3 Å². The van der Waals surface area contributed by atoms with Gasteiger partial charge in [-0.05, 0) is 44.9 Å². The third-order valence-corrected chi connectivity index (χ3v) is 4.96. The molecule has 1 aliphatic carbocycles. The molecule has 0 aromatic carbocycles. The molecule has 4 unspecified atom stereocenters. The molecule has 0 aliphatic heterocycles. The highest BCUT2D eigenvalue weighted by Gasteiger charge is 2.25. The molecule has 1 N–H and O–H groups in total. The highest BCUT2D eigenvalue weighted by atomic mass is 32.1. The Hall–Kier alpha value is -0.410. The SMILES string of the molecule is Cc1nc(C(C)NC2CCC(C)C(C)C2)cs1. The molecule has 0 spiro atoms. The number of aryl methyl sites for hydroxylation is 1. The molecule has 2 nitrogen and oxygen atoms in total. The normalized spacial score (nSPS) is 31.4. The van der Waals surface area contributed by atoms with Crippen LogP contribution in [0.15, 0.2) is 5.38 Å². The summed E-state index contributed by atoms with van der Waals surface area (Å²) in [5.74, 6) is 1.75. The van der Waals surface area contributed by atoms with Crippen LogP contribution in [-0.4, -0.2) is 11.0 Å². The summed E-state index contributed by atoms with van der Waals surface area (Å²) in [7, 11) is 0. The van der Waals surface area contributed by atoms with Gasteiger partial charge in [0.25, 0.3) is 0 Å². The highest BCUT2D eigenvalue weighted by Crippen LogP contribution is 2.30. The van der Waals surface area contributed by atoms with Crippen molar-refractivity contribution in [2.24, 2.45) is 11.8 Å². The number of nitrogens with one attached hydrogen (secondary N) is 1. The smallest absolute Gasteiger partial charge is 0.0898 e. The van der Waals surface area contributed by atoms with E-state index in [0.29, 0.717) is 12.1 Å². The van der Waals surface area contributed by atoms with Crippen LogP contribution in [0.4, 0.5) is 0 Å². The monoisotopic (exact) mass is 252 g/mol. The van der Waals surface area contributed by atoms with Crippen LogP contribution in [0, 0.1) is 18.8 Å². The maximum absolute atomic E-state index is 4.57. The molecule has 0 amide bonds. The minimum Gasteiger partial charge on any atom is -0.306 e. The Kier molecular flexibility index (Phi) is 4.21. The fourth-order valence-electron chi connectivity index (χ4n) is 2.72. The predicted octanol–water partition coefficient (Wildman–Crippen LogP) is 3.93. The van der Waals surface area contributed by atoms with Crippen molar-refractivity contribution in [1.29, 1.82) is 0 Å². The predicted molar refractivity (Wildman–Crippen MR) is 74.4 cm³/mol. The number of nitrogens with zero attached hydrogens (tertiary/aromatic N) is 1. The van der Waals surface area contributed by atoms with Gasteiger partial charge in [-0.2, -0.15) is 0 Å². The van der Waals surface area contributed by atoms with Crippen molar-refractivity contribution >= 4 is 11.3 Å². The molecule has 4 atom stereocenters. The van der Waals surface area contributed by atoms with E-state index in [4.69, 9.17) is 0 Å². The van der Waals surface area contributed by atoms with Gasteiger partial charge in [0.15, 0.2) is 0 Å². The van der Waals surface area contributed by atoms with E-state index in [1.807, 2.05) is 0 Å². The molecule has 1 aromatic rings. The molecule has 3 heteroatoms. The molecule has 2 rings (SSSR count). The van der Waals surface area contributed by atoms with E-state index in [1.165, 1.54) is 30.0 Å². The lowest BCUT2D eigenvalue weighted by Crippen LogP contribution is -2.37. The van der Waals surface area contributed by atoms with Crippen LogP contribution in [0.1, 0.15) is 56.8 Å². The summed E-state index contributed by atoms with van der Waals surface area (Å²) in [6.07, 6.45) is 4.00. The molecule has 1 aromatic heterocycles. The summed E-state index contributed by atoms with van der Waals surface area (Å²) in [5.41, 5.74) is 1.21. The van der Waals surface area contributed by atoms with Gasteiger partial charge in [0.2, 0.25) is 0 Å². The van der Waals surface area contributed by atoms with Gasteiger partial charge in [-0.3, -0.25) is 0 Å². The second kappa shape index (κ2) is 5.49. The Bertz CT molecular complexity index is 361. The molecule has 17 heavy (non-hydrogen) atoms. The zero-order valence-electron chi connectivity index (χ0n) is 11.4. The van der Waals surface area contributed by atoms with Crippen molar-refractivity contribution in [3.63, 3.8) is 0 Å². The summed E-state index contributed by atoms with van der Waals surface area (Å²) in [6, 6.07) is 1.07. The second-order valence-electron chi connectivity index (χ2n) is 5.64. The third-order valence-electron chi connectivity index (χ3n) is 4.16. The average Bonchev–Trinajstić information content (AvgIpc) is 2.70. The van der Waals surface area contributed by atoms with Crippen molar-refractivity contribution in [3.05, 3.63) is 16.1 Å². The number of hydrogen-bond donors (Lipinski definition) is 1. The Balaban J connectivity index is 1.89. The van der Waals surface area contributed by atoms with Crippen molar-refractivity contribution < 1.29 is 0 Å². The molecule has 1 heterocycles. The molecule has 0 bridgehead atoms. The molecule has 1 aliphatic rings. The zero-order chi connectivity index (χ0) is 12.4. The van der Waals surface area contributed by atoms with Crippen LogP contribution in [0.2, 0.25) is 0 Å². The van der Waals surface area contributed by atoms with Crippen molar-refractivity contribution in [2.75, 3.05) is 0 Å². The highest BCUT2D eigenvalue weighted by molar-refractivity contribution is 7.09. The van der Waals surface area contributed by atoms with Crippen molar-refractivity contribution in [3.8, 4) is 0 Å². The topological polar surface area (TPSA) is 24.9 Å². The van der Waals surface area contributed by atoms with E-state index < -0.39 is 0 Å². The van der Waals surface area contributed by atoms with Crippen LogP contribution in [0.5, 0.6) is 0 Å². The van der Waals surface area contributed by atoms with Crippen molar-refractivity contribution in [2.45, 2.75) is 59.0 Å². The standard InChI is InChI=1S/C14H24N2S/c1-9-5-6-13(7-10(9)2)15-11(3)14-8-17-12(4)16-14/h8-11,13,15H,5-7H2,1-4H3. The summed E-state index contributed by atoms with van der Waals surface area (Å²) in [6.45, 7) is 9.08. The largest absolute Gasteiger partial charge is 0.306 e. The first-order valence-corrected chi connectivity index (χ1v) is 7.62. The van der Waals surface area contributed by atoms with E-state index in [9.17, 15) is 0 Å². The summed E-state index contributed by atoms with van der Waals surface area (Å²) < 4.78 is 0. The molecule has 0 radical (unpaired) electrons. The quantitative estimate of drug-likeness (QED) is 0.881. The van der Waals surface area contributed by atoms with Gasteiger partial charge in [-0.1, -0.05) is 13.8 Å². The fourth-order valence-corrected chi connectivity index (χ4v) is 3.42. The van der Waals surface area contributed by atoms with Crippen LogP contribution in [0.3, 0.4) is 0 Å². The Morgan fingerprint density at radius 3 is 2.71 bits per heavy atom. The summed E-state index contributed by atoms with van der Waals surface area (Å²) >= 11 is 1.74. The van der Waals surface area contributed by atoms with E-state index in [2.05, 4.69) is 43.4 Å². The van der Waals surface area contributed by atoms with Crippen LogP contribution < -0.4 is 5.32 Å². The van der Waals surface area contributed by atoms with Crippen LogP contribution in [0.25, 0.3) is 0 Å². The maximum atomic E-state index is 4.57. The maximum Gasteiger partial charge on any atom is 0.0898 e. The Morgan fingerprint density at radius 2 is 2.12 bits per heavy atom. The fraction of sp³-hybridized carbons (Fsp3) is 0.786.